The van der Waals surface area contributed by atoms with Crippen molar-refractivity contribution < 1.29 is 0 Å². The Kier molecular flexibility index (Phi) is 3.70. The lowest BCUT2D eigenvalue weighted by atomic mass is 10.3. The molecule has 2 aromatic heterocycles. The molecule has 0 aliphatic rings. The normalized spacial score (nSPS) is 11.1. The zero-order valence-corrected chi connectivity index (χ0v) is 11.0. The number of nitriles is 1. The van der Waals surface area contributed by atoms with Crippen molar-refractivity contribution in [1.82, 2.24) is 9.97 Å². The van der Waals surface area contributed by atoms with Crippen molar-refractivity contribution in [2.45, 2.75) is 13.8 Å². The molecule has 1 N–H and O–H groups in total. The van der Waals surface area contributed by atoms with Crippen molar-refractivity contribution in [2.75, 3.05) is 5.32 Å². The summed E-state index contributed by atoms with van der Waals surface area (Å²) in [7, 11) is 0. The van der Waals surface area contributed by atoms with Crippen molar-refractivity contribution in [1.29, 1.82) is 5.26 Å². The van der Waals surface area contributed by atoms with Gasteiger partial charge in [0.2, 0.25) is 0 Å². The van der Waals surface area contributed by atoms with Crippen LogP contribution in [-0.2, 0) is 0 Å². The molecule has 0 radical (unpaired) electrons. The highest BCUT2D eigenvalue weighted by Crippen LogP contribution is 2.18. The Bertz CT molecular complexity index is 622. The molecule has 0 amide bonds. The van der Waals surface area contributed by atoms with Crippen molar-refractivity contribution >= 4 is 22.7 Å². The Morgan fingerprint density at radius 3 is 2.78 bits per heavy atom. The van der Waals surface area contributed by atoms with Crippen LogP contribution in [0.15, 0.2) is 29.8 Å². The van der Waals surface area contributed by atoms with Gasteiger partial charge in [-0.2, -0.15) is 5.26 Å². The molecule has 0 aliphatic heterocycles. The number of nitrogens with one attached hydrogen (secondary N) is 1. The highest BCUT2D eigenvalue weighted by molar-refractivity contribution is 7.10. The third-order valence-electron chi connectivity index (χ3n) is 2.22. The molecule has 90 valence electrons. The zero-order valence-electron chi connectivity index (χ0n) is 10.1. The van der Waals surface area contributed by atoms with Crippen LogP contribution in [0.4, 0.5) is 5.82 Å². The summed E-state index contributed by atoms with van der Waals surface area (Å²) in [4.78, 5) is 8.58. The molecule has 0 atom stereocenters. The first-order chi connectivity index (χ1) is 8.69. The van der Waals surface area contributed by atoms with Gasteiger partial charge in [0.05, 0.1) is 0 Å². The smallest absolute Gasteiger partial charge is 0.135 e. The fourth-order valence-corrected chi connectivity index (χ4v) is 2.15. The molecule has 0 aromatic carbocycles. The summed E-state index contributed by atoms with van der Waals surface area (Å²) < 4.78 is 0. The van der Waals surface area contributed by atoms with E-state index in [1.165, 1.54) is 11.3 Å². The SMILES string of the molecule is Cc1cccc(N/C=C(\C#N)c2nc(C)cs2)n1. The van der Waals surface area contributed by atoms with Crippen molar-refractivity contribution in [3.8, 4) is 6.07 Å². The number of pyridine rings is 1. The average molecular weight is 256 g/mol. The molecule has 4 nitrogen and oxygen atoms in total. The molecule has 0 bridgehead atoms. The second-order valence-electron chi connectivity index (χ2n) is 3.77. The standard InChI is InChI=1S/C13H12N4S/c1-9-4-3-5-12(16-9)15-7-11(6-14)13-17-10(2)8-18-13/h3-5,7-8H,1-2H3,(H,15,16)/b11-7+. The molecule has 0 saturated carbocycles. The van der Waals surface area contributed by atoms with E-state index >= 15 is 0 Å². The Hall–Kier alpha value is -2.19. The molecule has 0 aliphatic carbocycles. The third kappa shape index (κ3) is 2.93. The van der Waals surface area contributed by atoms with Gasteiger partial charge in [-0.3, -0.25) is 0 Å². The van der Waals surface area contributed by atoms with Crippen LogP contribution < -0.4 is 5.32 Å². The van der Waals surface area contributed by atoms with Crippen LogP contribution in [0.2, 0.25) is 0 Å². The van der Waals surface area contributed by atoms with E-state index < -0.39 is 0 Å². The molecule has 5 heteroatoms. The first-order valence-corrected chi connectivity index (χ1v) is 6.30. The van der Waals surface area contributed by atoms with Gasteiger partial charge in [0.25, 0.3) is 0 Å². The van der Waals surface area contributed by atoms with E-state index in [-0.39, 0.29) is 0 Å². The Morgan fingerprint density at radius 2 is 2.17 bits per heavy atom. The number of allylic oxidation sites excluding steroid dienone is 1. The molecular weight excluding hydrogens is 244 g/mol. The van der Waals surface area contributed by atoms with E-state index in [1.54, 1.807) is 6.20 Å². The van der Waals surface area contributed by atoms with Gasteiger partial charge < -0.3 is 5.32 Å². The molecule has 0 fully saturated rings. The second kappa shape index (κ2) is 5.43. The van der Waals surface area contributed by atoms with Gasteiger partial charge in [0.15, 0.2) is 0 Å². The molecule has 2 rings (SSSR count). The van der Waals surface area contributed by atoms with Gasteiger partial charge in [-0.25, -0.2) is 9.97 Å². The number of thiazole rings is 1. The molecule has 0 spiro atoms. The minimum Gasteiger partial charge on any atom is -0.345 e. The monoisotopic (exact) mass is 256 g/mol. The quantitative estimate of drug-likeness (QED) is 0.857. The Morgan fingerprint density at radius 1 is 1.33 bits per heavy atom. The van der Waals surface area contributed by atoms with Crippen LogP contribution in [0.25, 0.3) is 5.57 Å². The average Bonchev–Trinajstić information content (AvgIpc) is 2.77. The predicted molar refractivity (Wildman–Crippen MR) is 73.0 cm³/mol. The number of rotatable bonds is 3. The minimum atomic E-state index is 0.511. The molecule has 0 saturated heterocycles. The minimum absolute atomic E-state index is 0.511. The molecule has 0 unspecified atom stereocenters. The summed E-state index contributed by atoms with van der Waals surface area (Å²) >= 11 is 1.46. The van der Waals surface area contributed by atoms with Crippen LogP contribution in [0, 0.1) is 25.2 Å². The number of hydrogen-bond donors (Lipinski definition) is 1. The van der Waals surface area contributed by atoms with Crippen LogP contribution in [-0.4, -0.2) is 9.97 Å². The lowest BCUT2D eigenvalue weighted by molar-refractivity contribution is 1.20. The second-order valence-corrected chi connectivity index (χ2v) is 4.63. The maximum Gasteiger partial charge on any atom is 0.135 e. The van der Waals surface area contributed by atoms with Gasteiger partial charge in [-0.05, 0) is 26.0 Å². The van der Waals surface area contributed by atoms with Crippen LogP contribution in [0.5, 0.6) is 0 Å². The maximum atomic E-state index is 9.11. The van der Waals surface area contributed by atoms with E-state index in [0.29, 0.717) is 5.57 Å². The number of nitrogens with zero attached hydrogens (tertiary/aromatic N) is 3. The summed E-state index contributed by atoms with van der Waals surface area (Å²) in [6.45, 7) is 3.83. The summed E-state index contributed by atoms with van der Waals surface area (Å²) in [5.74, 6) is 0.719. The van der Waals surface area contributed by atoms with E-state index in [1.807, 2.05) is 37.4 Å². The number of anilines is 1. The van der Waals surface area contributed by atoms with Crippen molar-refractivity contribution in [3.63, 3.8) is 0 Å². The van der Waals surface area contributed by atoms with Gasteiger partial charge in [0.1, 0.15) is 22.5 Å². The molecule has 18 heavy (non-hydrogen) atoms. The van der Waals surface area contributed by atoms with E-state index in [4.69, 9.17) is 5.26 Å². The highest BCUT2D eigenvalue weighted by Gasteiger charge is 2.05. The van der Waals surface area contributed by atoms with Gasteiger partial charge in [-0.15, -0.1) is 11.3 Å². The van der Waals surface area contributed by atoms with Crippen LogP contribution in [0.3, 0.4) is 0 Å². The topological polar surface area (TPSA) is 61.6 Å². The largest absolute Gasteiger partial charge is 0.345 e. The summed E-state index contributed by atoms with van der Waals surface area (Å²) in [6.07, 6.45) is 1.64. The summed E-state index contributed by atoms with van der Waals surface area (Å²) in [5, 5.41) is 14.8. The Labute approximate surface area is 110 Å². The van der Waals surface area contributed by atoms with Crippen LogP contribution >= 0.6 is 11.3 Å². The number of aryl methyl sites for hydroxylation is 2. The summed E-state index contributed by atoms with van der Waals surface area (Å²) in [5.41, 5.74) is 2.36. The van der Waals surface area contributed by atoms with E-state index in [2.05, 4.69) is 21.4 Å². The summed E-state index contributed by atoms with van der Waals surface area (Å²) in [6, 6.07) is 7.82. The Balaban J connectivity index is 2.19. The third-order valence-corrected chi connectivity index (χ3v) is 3.22. The van der Waals surface area contributed by atoms with Crippen molar-refractivity contribution in [3.05, 3.63) is 46.2 Å². The van der Waals surface area contributed by atoms with Gasteiger partial charge in [0, 0.05) is 23.0 Å². The molecular formula is C13H12N4S. The number of aromatic nitrogens is 2. The lowest BCUT2D eigenvalue weighted by Gasteiger charge is -2.01. The first kappa shape index (κ1) is 12.3. The fraction of sp³-hybridized carbons (Fsp3) is 0.154. The first-order valence-electron chi connectivity index (χ1n) is 5.42. The molecule has 2 aromatic rings. The van der Waals surface area contributed by atoms with E-state index in [0.717, 1.165) is 22.2 Å². The fourth-order valence-electron chi connectivity index (χ4n) is 1.39. The zero-order chi connectivity index (χ0) is 13.0. The van der Waals surface area contributed by atoms with Crippen LogP contribution in [0.1, 0.15) is 16.4 Å². The molecule has 2 heterocycles. The highest BCUT2D eigenvalue weighted by atomic mass is 32.1. The van der Waals surface area contributed by atoms with E-state index in [9.17, 15) is 0 Å². The van der Waals surface area contributed by atoms with Gasteiger partial charge in [-0.1, -0.05) is 6.07 Å². The maximum absolute atomic E-state index is 9.11. The lowest BCUT2D eigenvalue weighted by Crippen LogP contribution is -1.94. The number of hydrogen-bond acceptors (Lipinski definition) is 5. The predicted octanol–water partition coefficient (Wildman–Crippen LogP) is 3.13. The van der Waals surface area contributed by atoms with Crippen molar-refractivity contribution in [2.24, 2.45) is 0 Å². The van der Waals surface area contributed by atoms with Gasteiger partial charge >= 0.3 is 0 Å².